The van der Waals surface area contributed by atoms with Crippen molar-refractivity contribution in [2.75, 3.05) is 11.9 Å². The largest absolute Gasteiger partial charge is 0.381 e. The van der Waals surface area contributed by atoms with Crippen LogP contribution in [-0.4, -0.2) is 6.54 Å². The number of benzene rings is 1. The van der Waals surface area contributed by atoms with Gasteiger partial charge in [0.05, 0.1) is 4.47 Å². The van der Waals surface area contributed by atoms with Gasteiger partial charge in [-0.1, -0.05) is 19.1 Å². The molecule has 0 bridgehead atoms. The maximum Gasteiger partial charge on any atom is 0.139 e. The maximum absolute atomic E-state index is 13.1. The topological polar surface area (TPSA) is 12.0 Å². The first-order chi connectivity index (χ1) is 6.63. The lowest BCUT2D eigenvalue weighted by Crippen LogP contribution is -2.03. The third kappa shape index (κ3) is 3.14. The predicted molar refractivity (Wildman–Crippen MR) is 62.0 cm³/mol. The molecule has 1 nitrogen and oxygen atoms in total. The van der Waals surface area contributed by atoms with Crippen molar-refractivity contribution in [1.82, 2.24) is 0 Å². The zero-order valence-electron chi connectivity index (χ0n) is 8.11. The lowest BCUT2D eigenvalue weighted by molar-refractivity contribution is 0.621. The molecule has 0 radical (unpaired) electrons. The van der Waals surface area contributed by atoms with E-state index in [1.807, 2.05) is 13.0 Å². The summed E-state index contributed by atoms with van der Waals surface area (Å²) in [5.74, 6) is -0.253. The van der Waals surface area contributed by atoms with Crippen molar-refractivity contribution in [3.63, 3.8) is 0 Å². The smallest absolute Gasteiger partial charge is 0.139 e. The Balaban J connectivity index is 2.60. The Bertz CT molecular complexity index is 336. The van der Waals surface area contributed by atoms with Gasteiger partial charge in [-0.15, -0.1) is 0 Å². The molecule has 0 aliphatic heterocycles. The summed E-state index contributed by atoms with van der Waals surface area (Å²) < 4.78 is 13.6. The first-order valence-electron chi connectivity index (χ1n) is 4.49. The van der Waals surface area contributed by atoms with Crippen LogP contribution >= 0.6 is 15.9 Å². The van der Waals surface area contributed by atoms with Gasteiger partial charge in [-0.05, 0) is 40.5 Å². The van der Waals surface area contributed by atoms with Crippen molar-refractivity contribution >= 4 is 21.6 Å². The van der Waals surface area contributed by atoms with Crippen LogP contribution in [0.15, 0.2) is 34.8 Å². The highest BCUT2D eigenvalue weighted by molar-refractivity contribution is 9.10. The highest BCUT2D eigenvalue weighted by Gasteiger charge is 1.99. The average molecular weight is 258 g/mol. The first-order valence-corrected chi connectivity index (χ1v) is 5.28. The van der Waals surface area contributed by atoms with Crippen LogP contribution in [0.5, 0.6) is 0 Å². The molecule has 0 unspecified atom stereocenters. The lowest BCUT2D eigenvalue weighted by atomic mass is 10.2. The molecule has 14 heavy (non-hydrogen) atoms. The molecule has 3 heteroatoms. The molecule has 0 saturated carbocycles. The first kappa shape index (κ1) is 11.2. The number of hydrogen-bond donors (Lipinski definition) is 1. The Morgan fingerprint density at radius 2 is 2.29 bits per heavy atom. The predicted octanol–water partition coefficient (Wildman–Crippen LogP) is 3.97. The van der Waals surface area contributed by atoms with E-state index in [2.05, 4.69) is 27.8 Å². The second-order valence-electron chi connectivity index (χ2n) is 3.09. The molecule has 1 aromatic carbocycles. The minimum atomic E-state index is -0.253. The van der Waals surface area contributed by atoms with Gasteiger partial charge in [0.25, 0.3) is 0 Å². The van der Waals surface area contributed by atoms with E-state index in [-0.39, 0.29) is 5.82 Å². The van der Waals surface area contributed by atoms with Gasteiger partial charge in [0.1, 0.15) is 5.82 Å². The van der Waals surface area contributed by atoms with Gasteiger partial charge in [0, 0.05) is 12.2 Å². The van der Waals surface area contributed by atoms with Gasteiger partial charge in [-0.3, -0.25) is 0 Å². The zero-order chi connectivity index (χ0) is 10.6. The van der Waals surface area contributed by atoms with Crippen LogP contribution in [0, 0.1) is 5.82 Å². The molecule has 0 aliphatic rings. The summed E-state index contributed by atoms with van der Waals surface area (Å²) in [6, 6.07) is 4.98. The second kappa shape index (κ2) is 5.15. The molecule has 0 aliphatic carbocycles. The van der Waals surface area contributed by atoms with E-state index in [0.29, 0.717) is 11.0 Å². The molecule has 0 amide bonds. The van der Waals surface area contributed by atoms with Crippen LogP contribution in [0.1, 0.15) is 13.3 Å². The van der Waals surface area contributed by atoms with E-state index < -0.39 is 0 Å². The summed E-state index contributed by atoms with van der Waals surface area (Å²) in [4.78, 5) is 0. The third-order valence-electron chi connectivity index (χ3n) is 1.96. The SMILES string of the molecule is C=C(CC)CNc1ccc(Br)c(F)c1. The third-order valence-corrected chi connectivity index (χ3v) is 2.61. The van der Waals surface area contributed by atoms with E-state index in [0.717, 1.165) is 17.7 Å². The molecule has 1 N–H and O–H groups in total. The normalized spacial score (nSPS) is 9.93. The van der Waals surface area contributed by atoms with E-state index in [1.165, 1.54) is 6.07 Å². The number of anilines is 1. The van der Waals surface area contributed by atoms with Crippen LogP contribution in [0.4, 0.5) is 10.1 Å². The summed E-state index contributed by atoms with van der Waals surface area (Å²) >= 11 is 3.10. The van der Waals surface area contributed by atoms with Gasteiger partial charge >= 0.3 is 0 Å². The molecule has 0 aromatic heterocycles. The molecule has 0 atom stereocenters. The van der Waals surface area contributed by atoms with Gasteiger partial charge in [0.15, 0.2) is 0 Å². The van der Waals surface area contributed by atoms with E-state index in [9.17, 15) is 4.39 Å². The fraction of sp³-hybridized carbons (Fsp3) is 0.273. The molecule has 1 aromatic rings. The summed E-state index contributed by atoms with van der Waals surface area (Å²) in [6.07, 6.45) is 0.937. The zero-order valence-corrected chi connectivity index (χ0v) is 9.70. The van der Waals surface area contributed by atoms with E-state index >= 15 is 0 Å². The number of nitrogens with one attached hydrogen (secondary N) is 1. The lowest BCUT2D eigenvalue weighted by Gasteiger charge is -2.07. The van der Waals surface area contributed by atoms with Crippen LogP contribution in [0.25, 0.3) is 0 Å². The Kier molecular flexibility index (Phi) is 4.14. The monoisotopic (exact) mass is 257 g/mol. The van der Waals surface area contributed by atoms with Gasteiger partial charge in [0.2, 0.25) is 0 Å². The van der Waals surface area contributed by atoms with Crippen molar-refractivity contribution in [3.05, 3.63) is 40.6 Å². The van der Waals surface area contributed by atoms with Crippen molar-refractivity contribution in [1.29, 1.82) is 0 Å². The highest BCUT2D eigenvalue weighted by atomic mass is 79.9. The number of hydrogen-bond acceptors (Lipinski definition) is 1. The van der Waals surface area contributed by atoms with Crippen molar-refractivity contribution in [3.8, 4) is 0 Å². The molecule has 1 rings (SSSR count). The second-order valence-corrected chi connectivity index (χ2v) is 3.94. The van der Waals surface area contributed by atoms with E-state index in [1.54, 1.807) is 6.07 Å². The molecule has 0 heterocycles. The Morgan fingerprint density at radius 3 is 2.86 bits per heavy atom. The van der Waals surface area contributed by atoms with Crippen molar-refractivity contribution < 1.29 is 4.39 Å². The Morgan fingerprint density at radius 1 is 1.57 bits per heavy atom. The van der Waals surface area contributed by atoms with E-state index in [4.69, 9.17) is 0 Å². The standard InChI is InChI=1S/C11H13BrFN/c1-3-8(2)7-14-9-4-5-10(12)11(13)6-9/h4-6,14H,2-3,7H2,1H3. The van der Waals surface area contributed by atoms with Crippen LogP contribution in [0.3, 0.4) is 0 Å². The van der Waals surface area contributed by atoms with Crippen molar-refractivity contribution in [2.45, 2.75) is 13.3 Å². The number of halogens is 2. The molecule has 0 saturated heterocycles. The maximum atomic E-state index is 13.1. The quantitative estimate of drug-likeness (QED) is 0.806. The van der Waals surface area contributed by atoms with Crippen LogP contribution in [-0.2, 0) is 0 Å². The summed E-state index contributed by atoms with van der Waals surface area (Å²) in [7, 11) is 0. The Labute approximate surface area is 92.1 Å². The number of rotatable bonds is 4. The minimum absolute atomic E-state index is 0.253. The fourth-order valence-electron chi connectivity index (χ4n) is 0.958. The summed E-state index contributed by atoms with van der Waals surface area (Å²) in [6.45, 7) is 6.60. The van der Waals surface area contributed by atoms with Crippen LogP contribution < -0.4 is 5.32 Å². The van der Waals surface area contributed by atoms with Gasteiger partial charge in [-0.25, -0.2) is 4.39 Å². The molecule has 0 spiro atoms. The average Bonchev–Trinajstić information content (AvgIpc) is 2.19. The molecule has 76 valence electrons. The fourth-order valence-corrected chi connectivity index (χ4v) is 1.20. The van der Waals surface area contributed by atoms with Gasteiger partial charge in [-0.2, -0.15) is 0 Å². The van der Waals surface area contributed by atoms with Crippen LogP contribution in [0.2, 0.25) is 0 Å². The summed E-state index contributed by atoms with van der Waals surface area (Å²) in [5.41, 5.74) is 1.88. The molecular weight excluding hydrogens is 245 g/mol. The summed E-state index contributed by atoms with van der Waals surface area (Å²) in [5, 5.41) is 3.10. The van der Waals surface area contributed by atoms with Gasteiger partial charge < -0.3 is 5.32 Å². The highest BCUT2D eigenvalue weighted by Crippen LogP contribution is 2.19. The molecular formula is C11H13BrFN. The minimum Gasteiger partial charge on any atom is -0.381 e. The van der Waals surface area contributed by atoms with Crippen molar-refractivity contribution in [2.24, 2.45) is 0 Å². The Hall–Kier alpha value is -0.830. The molecule has 0 fully saturated rings.